The molecule has 0 atom stereocenters. The molecule has 0 saturated heterocycles. The van der Waals surface area contributed by atoms with Crippen LogP contribution in [0.5, 0.6) is 11.5 Å². The van der Waals surface area contributed by atoms with Crippen LogP contribution >= 0.6 is 22.6 Å². The number of alkyl halides is 1. The zero-order valence-electron chi connectivity index (χ0n) is 5.25. The van der Waals surface area contributed by atoms with E-state index in [-0.39, 0.29) is 5.75 Å². The quantitative estimate of drug-likeness (QED) is 0.643. The summed E-state index contributed by atoms with van der Waals surface area (Å²) in [6.45, 7) is 0. The predicted molar refractivity (Wildman–Crippen MR) is 47.6 cm³/mol. The van der Waals surface area contributed by atoms with Crippen molar-refractivity contribution in [3.8, 4) is 11.5 Å². The lowest BCUT2D eigenvalue weighted by molar-refractivity contribution is 0.366. The number of halogens is 1. The second-order valence-corrected chi connectivity index (χ2v) is 2.34. The lowest BCUT2D eigenvalue weighted by atomic mass is 10.3. The van der Waals surface area contributed by atoms with E-state index in [0.717, 1.165) is 0 Å². The summed E-state index contributed by atoms with van der Waals surface area (Å²) < 4.78 is 5.62. The normalized spacial score (nSPS) is 9.30. The second kappa shape index (κ2) is 3.65. The minimum atomic E-state index is 0.194. The molecule has 10 heavy (non-hydrogen) atoms. The smallest absolute Gasteiger partial charge is 0.162 e. The third-order valence-corrected chi connectivity index (χ3v) is 1.39. The molecule has 0 radical (unpaired) electrons. The summed E-state index contributed by atoms with van der Waals surface area (Å²) in [7, 11) is 0. The Morgan fingerprint density at radius 1 is 1.40 bits per heavy atom. The van der Waals surface area contributed by atoms with Crippen LogP contribution in [-0.4, -0.2) is 9.72 Å². The predicted octanol–water partition coefficient (Wildman–Crippen LogP) is 2.16. The maximum atomic E-state index is 9.11. The average molecular weight is 250 g/mol. The number of rotatable bonds is 2. The summed E-state index contributed by atoms with van der Waals surface area (Å²) >= 11 is 2.07. The van der Waals surface area contributed by atoms with Gasteiger partial charge in [-0.1, -0.05) is 12.1 Å². The SMILES string of the molecule is Oc1ccccc1OCI. The van der Waals surface area contributed by atoms with Crippen molar-refractivity contribution in [3.63, 3.8) is 0 Å². The molecule has 1 aromatic carbocycles. The van der Waals surface area contributed by atoms with Gasteiger partial charge in [0.25, 0.3) is 0 Å². The summed E-state index contributed by atoms with van der Waals surface area (Å²) in [5.41, 5.74) is 0. The van der Waals surface area contributed by atoms with E-state index in [1.807, 2.05) is 6.07 Å². The van der Waals surface area contributed by atoms with E-state index in [4.69, 9.17) is 9.84 Å². The number of phenolic OH excluding ortho intramolecular Hbond substituents is 1. The lowest BCUT2D eigenvalue weighted by Gasteiger charge is -2.02. The Bertz CT molecular complexity index is 213. The molecule has 0 aromatic heterocycles. The Labute approximate surface area is 73.0 Å². The first-order valence-electron chi connectivity index (χ1n) is 2.81. The molecule has 1 rings (SSSR count). The van der Waals surface area contributed by atoms with Gasteiger partial charge in [-0.15, -0.1) is 0 Å². The molecule has 0 amide bonds. The lowest BCUT2D eigenvalue weighted by Crippen LogP contribution is -1.87. The minimum Gasteiger partial charge on any atom is -0.504 e. The van der Waals surface area contributed by atoms with E-state index in [1.54, 1.807) is 18.2 Å². The molecule has 0 aliphatic rings. The van der Waals surface area contributed by atoms with E-state index in [0.29, 0.717) is 10.4 Å². The summed E-state index contributed by atoms with van der Waals surface area (Å²) in [5.74, 6) is 0.732. The van der Waals surface area contributed by atoms with Gasteiger partial charge in [0.2, 0.25) is 0 Å². The van der Waals surface area contributed by atoms with Crippen molar-refractivity contribution in [1.29, 1.82) is 0 Å². The molecule has 2 nitrogen and oxygen atoms in total. The van der Waals surface area contributed by atoms with Crippen molar-refractivity contribution >= 4 is 22.6 Å². The number of hydrogen-bond acceptors (Lipinski definition) is 2. The van der Waals surface area contributed by atoms with Gasteiger partial charge in [0, 0.05) is 0 Å². The van der Waals surface area contributed by atoms with E-state index >= 15 is 0 Å². The highest BCUT2D eigenvalue weighted by atomic mass is 127. The van der Waals surface area contributed by atoms with Crippen LogP contribution in [0.15, 0.2) is 24.3 Å². The molecule has 0 aliphatic heterocycles. The van der Waals surface area contributed by atoms with Crippen LogP contribution in [0.4, 0.5) is 0 Å². The van der Waals surface area contributed by atoms with E-state index in [1.165, 1.54) is 0 Å². The molecule has 1 N–H and O–H groups in total. The highest BCUT2D eigenvalue weighted by Gasteiger charge is 1.96. The van der Waals surface area contributed by atoms with Crippen molar-refractivity contribution in [2.24, 2.45) is 0 Å². The van der Waals surface area contributed by atoms with Gasteiger partial charge >= 0.3 is 0 Å². The minimum absolute atomic E-state index is 0.194. The fraction of sp³-hybridized carbons (Fsp3) is 0.143. The molecule has 0 aliphatic carbocycles. The molecular weight excluding hydrogens is 243 g/mol. The highest BCUT2D eigenvalue weighted by Crippen LogP contribution is 2.24. The maximum absolute atomic E-state index is 9.11. The number of aromatic hydroxyl groups is 1. The van der Waals surface area contributed by atoms with Crippen LogP contribution in [0.3, 0.4) is 0 Å². The van der Waals surface area contributed by atoms with Crippen molar-refractivity contribution in [1.82, 2.24) is 0 Å². The Hall–Kier alpha value is -0.450. The van der Waals surface area contributed by atoms with Gasteiger partial charge in [0.1, 0.15) is 4.61 Å². The fourth-order valence-corrected chi connectivity index (χ4v) is 0.973. The Morgan fingerprint density at radius 3 is 2.70 bits per heavy atom. The van der Waals surface area contributed by atoms with Crippen molar-refractivity contribution in [2.45, 2.75) is 0 Å². The molecule has 0 bridgehead atoms. The summed E-state index contributed by atoms with van der Waals surface area (Å²) in [6.07, 6.45) is 0. The van der Waals surface area contributed by atoms with Crippen LogP contribution in [-0.2, 0) is 0 Å². The van der Waals surface area contributed by atoms with Gasteiger partial charge in [-0.25, -0.2) is 0 Å². The third kappa shape index (κ3) is 1.76. The maximum Gasteiger partial charge on any atom is 0.162 e. The zero-order chi connectivity index (χ0) is 7.40. The topological polar surface area (TPSA) is 29.5 Å². The second-order valence-electron chi connectivity index (χ2n) is 1.72. The van der Waals surface area contributed by atoms with Gasteiger partial charge in [-0.3, -0.25) is 0 Å². The molecule has 0 spiro atoms. The van der Waals surface area contributed by atoms with Gasteiger partial charge in [-0.05, 0) is 34.7 Å². The first-order chi connectivity index (χ1) is 4.84. The first-order valence-corrected chi connectivity index (χ1v) is 4.34. The monoisotopic (exact) mass is 250 g/mol. The standard InChI is InChI=1S/C7H7IO2/c8-5-10-7-4-2-1-3-6(7)9/h1-4,9H,5H2. The van der Waals surface area contributed by atoms with E-state index in [2.05, 4.69) is 22.6 Å². The Morgan fingerprint density at radius 2 is 2.10 bits per heavy atom. The van der Waals surface area contributed by atoms with E-state index < -0.39 is 0 Å². The summed E-state index contributed by atoms with van der Waals surface area (Å²) in [4.78, 5) is 0. The summed E-state index contributed by atoms with van der Waals surface area (Å²) in [6, 6.07) is 6.91. The molecule has 0 fully saturated rings. The number of benzene rings is 1. The van der Waals surface area contributed by atoms with Crippen LogP contribution in [0, 0.1) is 0 Å². The molecular formula is C7H7IO2. The molecule has 54 valence electrons. The molecule has 0 saturated carbocycles. The number of hydrogen-bond donors (Lipinski definition) is 1. The number of para-hydroxylation sites is 2. The van der Waals surface area contributed by atoms with Gasteiger partial charge in [0.05, 0.1) is 0 Å². The molecule has 1 aromatic rings. The average Bonchev–Trinajstić information content (AvgIpc) is 1.94. The fourth-order valence-electron chi connectivity index (χ4n) is 0.638. The van der Waals surface area contributed by atoms with Crippen molar-refractivity contribution in [2.75, 3.05) is 4.61 Å². The van der Waals surface area contributed by atoms with Crippen LogP contribution in [0.2, 0.25) is 0 Å². The van der Waals surface area contributed by atoms with Crippen LogP contribution in [0.25, 0.3) is 0 Å². The van der Waals surface area contributed by atoms with Crippen molar-refractivity contribution in [3.05, 3.63) is 24.3 Å². The number of phenols is 1. The van der Waals surface area contributed by atoms with Gasteiger partial charge in [-0.2, -0.15) is 0 Å². The zero-order valence-corrected chi connectivity index (χ0v) is 7.41. The Kier molecular flexibility index (Phi) is 2.80. The highest BCUT2D eigenvalue weighted by molar-refractivity contribution is 14.1. The summed E-state index contributed by atoms with van der Waals surface area (Å²) in [5, 5.41) is 9.11. The van der Waals surface area contributed by atoms with Gasteiger partial charge in [0.15, 0.2) is 11.5 Å². The number of ether oxygens (including phenoxy) is 1. The molecule has 0 heterocycles. The Balaban J connectivity index is 2.81. The van der Waals surface area contributed by atoms with Crippen LogP contribution in [0.1, 0.15) is 0 Å². The largest absolute Gasteiger partial charge is 0.504 e. The molecule has 3 heteroatoms. The third-order valence-electron chi connectivity index (χ3n) is 1.08. The van der Waals surface area contributed by atoms with Crippen LogP contribution < -0.4 is 4.74 Å². The van der Waals surface area contributed by atoms with Crippen molar-refractivity contribution < 1.29 is 9.84 Å². The first kappa shape index (κ1) is 7.65. The molecule has 0 unspecified atom stereocenters. The van der Waals surface area contributed by atoms with Gasteiger partial charge < -0.3 is 9.84 Å². The van der Waals surface area contributed by atoms with E-state index in [9.17, 15) is 0 Å².